The van der Waals surface area contributed by atoms with Gasteiger partial charge in [0, 0.05) is 12.8 Å². The Balaban J connectivity index is 5.86. The van der Waals surface area contributed by atoms with E-state index in [1.165, 1.54) is 6.92 Å². The number of aldehydes is 1. The molecule has 0 heterocycles. The molecule has 0 fully saturated rings. The van der Waals surface area contributed by atoms with Gasteiger partial charge < -0.3 is 51.4 Å². The fraction of sp³-hybridized carbons (Fsp3) is 0.684. The molecule has 0 saturated heterocycles. The summed E-state index contributed by atoms with van der Waals surface area (Å²) in [6, 6.07) is -3.26. The van der Waals surface area contributed by atoms with Gasteiger partial charge in [0.25, 0.3) is 0 Å². The van der Waals surface area contributed by atoms with Crippen molar-refractivity contribution >= 4 is 35.9 Å². The number of aliphatic hydroxyl groups excluding tert-OH is 3. The number of nitrogens with two attached hydrogens (primary N) is 1. The average molecular weight is 493 g/mol. The van der Waals surface area contributed by atoms with E-state index in [1.54, 1.807) is 0 Å². The lowest BCUT2D eigenvalue weighted by molar-refractivity contribution is -0.167. The van der Waals surface area contributed by atoms with E-state index >= 15 is 0 Å². The van der Waals surface area contributed by atoms with Crippen LogP contribution in [0.4, 0.5) is 0 Å². The Labute approximate surface area is 194 Å². The molecule has 194 valence electrons. The maximum atomic E-state index is 12.6. The van der Waals surface area contributed by atoms with Gasteiger partial charge in [0.15, 0.2) is 0 Å². The van der Waals surface area contributed by atoms with Crippen molar-refractivity contribution < 1.29 is 59.0 Å². The fourth-order valence-corrected chi connectivity index (χ4v) is 2.75. The van der Waals surface area contributed by atoms with Crippen molar-refractivity contribution in [2.24, 2.45) is 11.7 Å². The molecule has 7 atom stereocenters. The minimum absolute atomic E-state index is 0.0827. The lowest BCUT2D eigenvalue weighted by Gasteiger charge is -2.34. The van der Waals surface area contributed by atoms with Gasteiger partial charge in [0.05, 0.1) is 12.5 Å². The molecule has 0 aromatic heterocycles. The summed E-state index contributed by atoms with van der Waals surface area (Å²) in [6.45, 7) is 1.57. The van der Waals surface area contributed by atoms with Crippen LogP contribution in [0.15, 0.2) is 0 Å². The minimum Gasteiger partial charge on any atom is -0.481 e. The number of aliphatic hydroxyl groups is 3. The summed E-state index contributed by atoms with van der Waals surface area (Å²) in [5.74, 6) is -7.40. The van der Waals surface area contributed by atoms with Crippen molar-refractivity contribution in [3.8, 4) is 0 Å². The number of nitrogens with one attached hydrogen (secondary N) is 2. The van der Waals surface area contributed by atoms with Crippen molar-refractivity contribution in [3.63, 3.8) is 0 Å². The van der Waals surface area contributed by atoms with Gasteiger partial charge in [-0.05, 0) is 6.42 Å². The number of hydrogen-bond donors (Lipinski definition) is 8. The summed E-state index contributed by atoms with van der Waals surface area (Å²) < 4.78 is 5.37. The summed E-state index contributed by atoms with van der Waals surface area (Å²) >= 11 is 0. The molecule has 0 aromatic rings. The second kappa shape index (κ2) is 14.9. The number of carboxylic acid groups (broad SMARTS) is 2. The molecule has 15 nitrogen and oxygen atoms in total. The number of hydrogen-bond acceptors (Lipinski definition) is 10. The van der Waals surface area contributed by atoms with Crippen molar-refractivity contribution in [1.82, 2.24) is 10.6 Å². The Morgan fingerprint density at radius 3 is 2.09 bits per heavy atom. The topological polar surface area (TPSA) is 263 Å². The molecular weight excluding hydrogens is 462 g/mol. The summed E-state index contributed by atoms with van der Waals surface area (Å²) in [4.78, 5) is 69.9. The molecule has 0 bridgehead atoms. The SMILES string of the molecule is CCC(=O)N[C@@H](C=O)[C@@H](OC(C(N)=O)C(C)C(=O)NC(CCC(=O)O)C(=O)O)[C@H](O)[C@H](O)CO. The van der Waals surface area contributed by atoms with Crippen molar-refractivity contribution in [2.45, 2.75) is 69.6 Å². The van der Waals surface area contributed by atoms with Crippen LogP contribution in [0, 0.1) is 5.92 Å². The van der Waals surface area contributed by atoms with Gasteiger partial charge in [-0.2, -0.15) is 0 Å². The van der Waals surface area contributed by atoms with E-state index in [0.717, 1.165) is 6.92 Å². The third kappa shape index (κ3) is 9.78. The van der Waals surface area contributed by atoms with Gasteiger partial charge in [-0.25, -0.2) is 4.79 Å². The number of primary amides is 1. The maximum absolute atomic E-state index is 12.6. The Morgan fingerprint density at radius 1 is 1.09 bits per heavy atom. The third-order valence-corrected chi connectivity index (χ3v) is 4.78. The smallest absolute Gasteiger partial charge is 0.326 e. The van der Waals surface area contributed by atoms with E-state index in [1.807, 2.05) is 5.32 Å². The number of ether oxygens (including phenoxy) is 1. The lowest BCUT2D eigenvalue weighted by atomic mass is 9.98. The molecular formula is C19H31N3O12. The Kier molecular flexibility index (Phi) is 13.5. The molecule has 15 heteroatoms. The highest BCUT2D eigenvalue weighted by Crippen LogP contribution is 2.17. The molecule has 9 N–H and O–H groups in total. The van der Waals surface area contributed by atoms with Gasteiger partial charge in [-0.3, -0.25) is 19.2 Å². The highest BCUT2D eigenvalue weighted by Gasteiger charge is 2.41. The van der Waals surface area contributed by atoms with E-state index < -0.39 is 91.5 Å². The molecule has 0 rings (SSSR count). The zero-order valence-corrected chi connectivity index (χ0v) is 18.6. The molecule has 3 amide bonds. The lowest BCUT2D eigenvalue weighted by Crippen LogP contribution is -2.58. The van der Waals surface area contributed by atoms with Gasteiger partial charge in [-0.1, -0.05) is 13.8 Å². The monoisotopic (exact) mass is 493 g/mol. The van der Waals surface area contributed by atoms with E-state index in [4.69, 9.17) is 20.7 Å². The van der Waals surface area contributed by atoms with E-state index in [-0.39, 0.29) is 12.7 Å². The molecule has 0 aliphatic carbocycles. The third-order valence-electron chi connectivity index (χ3n) is 4.78. The van der Waals surface area contributed by atoms with Crippen LogP contribution < -0.4 is 16.4 Å². The second-order valence-electron chi connectivity index (χ2n) is 7.37. The quantitative estimate of drug-likeness (QED) is 0.0904. The van der Waals surface area contributed by atoms with Crippen molar-refractivity contribution in [2.75, 3.05) is 6.61 Å². The minimum atomic E-state index is -2.03. The van der Waals surface area contributed by atoms with Crippen LogP contribution >= 0.6 is 0 Å². The van der Waals surface area contributed by atoms with Crippen LogP contribution in [0.25, 0.3) is 0 Å². The first-order valence-corrected chi connectivity index (χ1v) is 10.2. The Morgan fingerprint density at radius 2 is 1.68 bits per heavy atom. The second-order valence-corrected chi connectivity index (χ2v) is 7.37. The Bertz CT molecular complexity index is 746. The van der Waals surface area contributed by atoms with Crippen molar-refractivity contribution in [3.05, 3.63) is 0 Å². The summed E-state index contributed by atoms with van der Waals surface area (Å²) in [5, 5.41) is 51.4. The van der Waals surface area contributed by atoms with Crippen LogP contribution in [-0.4, -0.2) is 105 Å². The summed E-state index contributed by atoms with van der Waals surface area (Å²) in [6.07, 6.45) is -8.65. The first-order chi connectivity index (χ1) is 15.8. The standard InChI is InChI=1S/C19H31N3O12/c1-3-12(26)21-10(6-23)16(14(29)11(25)7-24)34-15(17(20)30)8(2)18(31)22-9(19(32)33)4-5-13(27)28/h6,8-11,14-16,24-25,29H,3-5,7H2,1-2H3,(H2,20,30)(H,21,26)(H,22,31)(H,27,28)(H,32,33)/t8?,9?,10-,11+,14+,15?,16+/m0/s1. The molecule has 0 radical (unpaired) electrons. The average Bonchev–Trinajstić information content (AvgIpc) is 2.78. The number of aliphatic carboxylic acids is 2. The number of amides is 3. The van der Waals surface area contributed by atoms with Gasteiger partial charge in [-0.15, -0.1) is 0 Å². The molecule has 0 aliphatic heterocycles. The van der Waals surface area contributed by atoms with Crippen LogP contribution in [0.1, 0.15) is 33.1 Å². The summed E-state index contributed by atoms with van der Waals surface area (Å²) in [5.41, 5.74) is 5.28. The van der Waals surface area contributed by atoms with E-state index in [0.29, 0.717) is 0 Å². The zero-order chi connectivity index (χ0) is 26.6. The first kappa shape index (κ1) is 30.9. The van der Waals surface area contributed by atoms with Gasteiger partial charge in [0.1, 0.15) is 42.8 Å². The van der Waals surface area contributed by atoms with Crippen molar-refractivity contribution in [1.29, 1.82) is 0 Å². The zero-order valence-electron chi connectivity index (χ0n) is 18.6. The predicted molar refractivity (Wildman–Crippen MR) is 111 cm³/mol. The number of carbonyl (C=O) groups excluding carboxylic acids is 4. The van der Waals surface area contributed by atoms with Crippen LogP contribution in [0.5, 0.6) is 0 Å². The van der Waals surface area contributed by atoms with Gasteiger partial charge in [0.2, 0.25) is 17.7 Å². The molecule has 0 saturated carbocycles. The normalized spacial score (nSPS) is 17.2. The van der Waals surface area contributed by atoms with E-state index in [2.05, 4.69) is 5.32 Å². The van der Waals surface area contributed by atoms with Crippen LogP contribution in [0.3, 0.4) is 0 Å². The highest BCUT2D eigenvalue weighted by molar-refractivity contribution is 5.90. The van der Waals surface area contributed by atoms with Crippen LogP contribution in [-0.2, 0) is 33.5 Å². The first-order valence-electron chi connectivity index (χ1n) is 10.2. The Hall–Kier alpha value is -3.14. The maximum Gasteiger partial charge on any atom is 0.326 e. The molecule has 34 heavy (non-hydrogen) atoms. The molecule has 0 aromatic carbocycles. The number of rotatable bonds is 17. The van der Waals surface area contributed by atoms with Crippen LogP contribution in [0.2, 0.25) is 0 Å². The summed E-state index contributed by atoms with van der Waals surface area (Å²) in [7, 11) is 0. The highest BCUT2D eigenvalue weighted by atomic mass is 16.5. The largest absolute Gasteiger partial charge is 0.481 e. The number of carbonyl (C=O) groups is 6. The number of carboxylic acids is 2. The molecule has 0 aliphatic rings. The molecule has 3 unspecified atom stereocenters. The fourth-order valence-electron chi connectivity index (χ4n) is 2.75. The van der Waals surface area contributed by atoms with Gasteiger partial charge >= 0.3 is 11.9 Å². The predicted octanol–water partition coefficient (Wildman–Crippen LogP) is -3.90. The molecule has 0 spiro atoms. The van der Waals surface area contributed by atoms with E-state index in [9.17, 15) is 44.1 Å².